The van der Waals surface area contributed by atoms with Crippen LogP contribution in [0.5, 0.6) is 0 Å². The molecule has 3 N–H and O–H groups in total. The van der Waals surface area contributed by atoms with E-state index in [4.69, 9.17) is 0 Å². The van der Waals surface area contributed by atoms with Crippen molar-refractivity contribution in [2.75, 3.05) is 6.54 Å². The number of sulfonamides is 1. The Labute approximate surface area is 129 Å². The number of aryl methyl sites for hydroxylation is 1. The van der Waals surface area contributed by atoms with Crippen molar-refractivity contribution < 1.29 is 8.42 Å². The fourth-order valence-electron chi connectivity index (χ4n) is 1.90. The maximum Gasteiger partial charge on any atom is 0.242 e. The highest BCUT2D eigenvalue weighted by Crippen LogP contribution is 2.25. The highest BCUT2D eigenvalue weighted by molar-refractivity contribution is 7.89. The molecule has 0 aliphatic heterocycles. The molecule has 0 amide bonds. The molecule has 0 aliphatic rings. The van der Waals surface area contributed by atoms with Crippen molar-refractivity contribution >= 4 is 21.4 Å². The molecule has 0 bridgehead atoms. The molecule has 0 fully saturated rings. The van der Waals surface area contributed by atoms with Crippen LogP contribution in [0.1, 0.15) is 28.9 Å². The van der Waals surface area contributed by atoms with Crippen LogP contribution in [0.3, 0.4) is 0 Å². The second-order valence-electron chi connectivity index (χ2n) is 4.67. The lowest BCUT2D eigenvalue weighted by Gasteiger charge is -2.04. The van der Waals surface area contributed by atoms with Crippen molar-refractivity contribution in [1.29, 1.82) is 0 Å². The van der Waals surface area contributed by atoms with E-state index < -0.39 is 10.0 Å². The van der Waals surface area contributed by atoms with Crippen molar-refractivity contribution in [1.82, 2.24) is 20.0 Å². The Kier molecular flexibility index (Phi) is 5.51. The average Bonchev–Trinajstić information content (AvgIpc) is 3.07. The molecule has 2 aromatic heterocycles. The molecule has 6 nitrogen and oxygen atoms in total. The van der Waals surface area contributed by atoms with Gasteiger partial charge in [0.05, 0.1) is 11.4 Å². The first-order chi connectivity index (χ1) is 10.0. The Bertz CT molecular complexity index is 662. The molecule has 0 unspecified atom stereocenters. The molecule has 21 heavy (non-hydrogen) atoms. The number of aromatic nitrogens is 2. The summed E-state index contributed by atoms with van der Waals surface area (Å²) in [5.74, 6) is 0.594. The van der Waals surface area contributed by atoms with Gasteiger partial charge in [0.15, 0.2) is 0 Å². The number of aromatic amines is 1. The van der Waals surface area contributed by atoms with E-state index in [1.54, 1.807) is 18.5 Å². The smallest absolute Gasteiger partial charge is 0.242 e. The molecule has 2 aromatic rings. The summed E-state index contributed by atoms with van der Waals surface area (Å²) >= 11 is 1.51. The van der Waals surface area contributed by atoms with Gasteiger partial charge in [-0.25, -0.2) is 18.1 Å². The Morgan fingerprint density at radius 3 is 2.86 bits per heavy atom. The van der Waals surface area contributed by atoms with Crippen LogP contribution in [-0.2, 0) is 23.1 Å². The second kappa shape index (κ2) is 7.17. The van der Waals surface area contributed by atoms with Gasteiger partial charge in [0.1, 0.15) is 5.82 Å². The van der Waals surface area contributed by atoms with Gasteiger partial charge in [-0.1, -0.05) is 6.92 Å². The third kappa shape index (κ3) is 4.37. The van der Waals surface area contributed by atoms with Gasteiger partial charge in [-0.15, -0.1) is 11.3 Å². The fourth-order valence-corrected chi connectivity index (χ4v) is 4.49. The quantitative estimate of drug-likeness (QED) is 0.644. The van der Waals surface area contributed by atoms with Gasteiger partial charge in [0.25, 0.3) is 0 Å². The lowest BCUT2D eigenvalue weighted by atomic mass is 10.4. The molecular formula is C13H20N4O2S2. The number of imidazole rings is 1. The molecule has 2 heterocycles. The normalized spacial score (nSPS) is 11.9. The summed E-state index contributed by atoms with van der Waals surface area (Å²) in [6.07, 6.45) is 4.31. The number of hydrogen-bond donors (Lipinski definition) is 3. The Hall–Kier alpha value is -1.22. The summed E-state index contributed by atoms with van der Waals surface area (Å²) in [7, 11) is -3.50. The summed E-state index contributed by atoms with van der Waals surface area (Å²) in [5.41, 5.74) is 0. The molecule has 8 heteroatoms. The van der Waals surface area contributed by atoms with E-state index in [1.165, 1.54) is 11.3 Å². The Morgan fingerprint density at radius 1 is 1.38 bits per heavy atom. The molecule has 116 valence electrons. The first-order valence-corrected chi connectivity index (χ1v) is 9.11. The van der Waals surface area contributed by atoms with E-state index >= 15 is 0 Å². The first-order valence-electron chi connectivity index (χ1n) is 6.81. The van der Waals surface area contributed by atoms with Gasteiger partial charge in [-0.05, 0) is 26.0 Å². The second-order valence-corrected chi connectivity index (χ2v) is 7.75. The molecule has 0 atom stereocenters. The van der Waals surface area contributed by atoms with Gasteiger partial charge in [-0.3, -0.25) is 0 Å². The van der Waals surface area contributed by atoms with E-state index in [0.717, 1.165) is 22.7 Å². The predicted molar refractivity (Wildman–Crippen MR) is 83.7 cm³/mol. The highest BCUT2D eigenvalue weighted by Gasteiger charge is 2.19. The summed E-state index contributed by atoms with van der Waals surface area (Å²) in [6.45, 7) is 5.72. The van der Waals surface area contributed by atoms with Crippen LogP contribution in [0.15, 0.2) is 23.4 Å². The zero-order chi connectivity index (χ0) is 15.3. The van der Waals surface area contributed by atoms with Crippen molar-refractivity contribution in [2.45, 2.75) is 38.3 Å². The van der Waals surface area contributed by atoms with Crippen LogP contribution in [0.25, 0.3) is 0 Å². The maximum atomic E-state index is 12.3. The largest absolute Gasteiger partial charge is 0.347 e. The maximum absolute atomic E-state index is 12.3. The highest BCUT2D eigenvalue weighted by atomic mass is 32.2. The summed E-state index contributed by atoms with van der Waals surface area (Å²) in [4.78, 5) is 9.05. The molecule has 0 radical (unpaired) electrons. The van der Waals surface area contributed by atoms with Gasteiger partial charge in [-0.2, -0.15) is 0 Å². The summed E-state index contributed by atoms with van der Waals surface area (Å²) in [5, 5.41) is 3.28. The monoisotopic (exact) mass is 328 g/mol. The summed E-state index contributed by atoms with van der Waals surface area (Å²) in [6, 6.07) is 1.74. The minimum Gasteiger partial charge on any atom is -0.347 e. The zero-order valence-corrected chi connectivity index (χ0v) is 13.8. The van der Waals surface area contributed by atoms with E-state index in [9.17, 15) is 8.42 Å². The van der Waals surface area contributed by atoms with Gasteiger partial charge in [0.2, 0.25) is 10.0 Å². The van der Waals surface area contributed by atoms with Crippen LogP contribution in [0.4, 0.5) is 0 Å². The van der Waals surface area contributed by atoms with E-state index in [1.807, 2.05) is 6.92 Å². The lowest BCUT2D eigenvalue weighted by Crippen LogP contribution is -2.24. The van der Waals surface area contributed by atoms with Crippen LogP contribution in [0, 0.1) is 6.92 Å². The van der Waals surface area contributed by atoms with Crippen molar-refractivity contribution in [3.63, 3.8) is 0 Å². The van der Waals surface area contributed by atoms with Gasteiger partial charge >= 0.3 is 0 Å². The third-order valence-electron chi connectivity index (χ3n) is 2.92. The number of hydrogen-bond acceptors (Lipinski definition) is 5. The number of nitrogens with zero attached hydrogens (tertiary/aromatic N) is 1. The minimum absolute atomic E-state index is 0.161. The van der Waals surface area contributed by atoms with Gasteiger partial charge < -0.3 is 10.3 Å². The summed E-state index contributed by atoms with van der Waals surface area (Å²) < 4.78 is 27.2. The molecule has 2 rings (SSSR count). The van der Waals surface area contributed by atoms with Crippen LogP contribution < -0.4 is 10.0 Å². The van der Waals surface area contributed by atoms with Crippen LogP contribution >= 0.6 is 11.3 Å². The first kappa shape index (κ1) is 16.2. The predicted octanol–water partition coefficient (Wildman–Crippen LogP) is 1.76. The average molecular weight is 328 g/mol. The molecule has 0 aliphatic carbocycles. The minimum atomic E-state index is -3.50. The molecule has 0 aromatic carbocycles. The third-order valence-corrected chi connectivity index (χ3v) is 5.63. The van der Waals surface area contributed by atoms with E-state index in [2.05, 4.69) is 26.9 Å². The SMILES string of the molecule is CCCNCc1cc(S(=O)(=O)NCc2ncc[nH]2)c(C)s1. The van der Waals surface area contributed by atoms with Crippen LogP contribution in [-0.4, -0.2) is 24.9 Å². The molecule has 0 saturated carbocycles. The number of H-pyrrole nitrogens is 1. The van der Waals surface area contributed by atoms with E-state index in [0.29, 0.717) is 17.3 Å². The van der Waals surface area contributed by atoms with Crippen molar-refractivity contribution in [3.8, 4) is 0 Å². The molecular weight excluding hydrogens is 308 g/mol. The fraction of sp³-hybridized carbons (Fsp3) is 0.462. The lowest BCUT2D eigenvalue weighted by molar-refractivity contribution is 0.579. The van der Waals surface area contributed by atoms with Crippen molar-refractivity contribution in [2.24, 2.45) is 0 Å². The van der Waals surface area contributed by atoms with Gasteiger partial charge in [0, 0.05) is 28.7 Å². The Morgan fingerprint density at radius 2 is 2.19 bits per heavy atom. The number of thiophene rings is 1. The van der Waals surface area contributed by atoms with Crippen LogP contribution in [0.2, 0.25) is 0 Å². The van der Waals surface area contributed by atoms with E-state index in [-0.39, 0.29) is 6.54 Å². The topological polar surface area (TPSA) is 86.9 Å². The Balaban J connectivity index is 2.05. The van der Waals surface area contributed by atoms with Crippen molar-refractivity contribution in [3.05, 3.63) is 34.0 Å². The molecule has 0 spiro atoms. The zero-order valence-electron chi connectivity index (χ0n) is 12.1. The molecule has 0 saturated heterocycles. The number of nitrogens with one attached hydrogen (secondary N) is 3. The number of rotatable bonds is 8. The standard InChI is InChI=1S/C13H20N4O2S2/c1-3-4-14-8-11-7-12(10(2)20-11)21(18,19)17-9-13-15-5-6-16-13/h5-7,14,17H,3-4,8-9H2,1-2H3,(H,15,16).